The van der Waals surface area contributed by atoms with Crippen molar-refractivity contribution in [3.8, 4) is 11.5 Å². The van der Waals surface area contributed by atoms with Crippen LogP contribution in [0.25, 0.3) is 10.9 Å². The average molecular weight is 496 g/mol. The third kappa shape index (κ3) is 5.06. The van der Waals surface area contributed by atoms with Gasteiger partial charge in [-0.15, -0.1) is 12.4 Å². The zero-order valence-electron chi connectivity index (χ0n) is 18.5. The molecule has 0 radical (unpaired) electrons. The molecular weight excluding hydrogens is 470 g/mol. The predicted molar refractivity (Wildman–Crippen MR) is 129 cm³/mol. The number of hydrogen-bond acceptors (Lipinski definition) is 9. The second kappa shape index (κ2) is 10.4. The minimum Gasteiger partial charge on any atom is -0.497 e. The molecule has 0 amide bonds. The van der Waals surface area contributed by atoms with E-state index in [9.17, 15) is 8.42 Å². The lowest BCUT2D eigenvalue weighted by Gasteiger charge is -2.31. The molecule has 2 heterocycles. The topological polar surface area (TPSA) is 115 Å². The van der Waals surface area contributed by atoms with Crippen LogP contribution in [0.1, 0.15) is 0 Å². The molecule has 1 aromatic heterocycles. The molecule has 1 fully saturated rings. The number of sulfonamides is 1. The number of nitrogens with zero attached hydrogens (tertiary/aromatic N) is 3. The van der Waals surface area contributed by atoms with Crippen LogP contribution in [0.5, 0.6) is 11.5 Å². The summed E-state index contributed by atoms with van der Waals surface area (Å²) < 4.78 is 43.6. The number of benzene rings is 2. The van der Waals surface area contributed by atoms with E-state index in [1.165, 1.54) is 13.4 Å². The summed E-state index contributed by atoms with van der Waals surface area (Å²) in [6.07, 6.45) is 1.44. The second-order valence-corrected chi connectivity index (χ2v) is 8.94. The highest BCUT2D eigenvalue weighted by atomic mass is 35.5. The molecule has 178 valence electrons. The predicted octanol–water partition coefficient (Wildman–Crippen LogP) is 2.56. The largest absolute Gasteiger partial charge is 0.497 e. The van der Waals surface area contributed by atoms with Crippen molar-refractivity contribution in [2.24, 2.45) is 0 Å². The maximum Gasteiger partial charge on any atom is 0.240 e. The summed E-state index contributed by atoms with van der Waals surface area (Å²) in [6.45, 7) is 2.58. The van der Waals surface area contributed by atoms with E-state index in [-0.39, 0.29) is 17.3 Å². The lowest BCUT2D eigenvalue weighted by Crippen LogP contribution is -2.36. The summed E-state index contributed by atoms with van der Waals surface area (Å²) in [7, 11) is 0.884. The summed E-state index contributed by atoms with van der Waals surface area (Å²) in [5.74, 6) is 1.63. The van der Waals surface area contributed by atoms with Gasteiger partial charge in [-0.05, 0) is 25.2 Å². The van der Waals surface area contributed by atoms with Crippen molar-refractivity contribution in [2.45, 2.75) is 4.90 Å². The molecule has 1 aliphatic rings. The number of fused-ring (bicyclic) bond motifs is 1. The summed E-state index contributed by atoms with van der Waals surface area (Å²) in [5, 5.41) is 3.97. The molecule has 0 spiro atoms. The molecule has 12 heteroatoms. The van der Waals surface area contributed by atoms with Crippen molar-refractivity contribution in [2.75, 3.05) is 57.8 Å². The molecule has 0 atom stereocenters. The van der Waals surface area contributed by atoms with Gasteiger partial charge in [0.1, 0.15) is 23.6 Å². The van der Waals surface area contributed by atoms with Gasteiger partial charge >= 0.3 is 0 Å². The Hall–Kier alpha value is -2.86. The molecule has 4 rings (SSSR count). The van der Waals surface area contributed by atoms with Crippen LogP contribution in [0.15, 0.2) is 41.6 Å². The third-order valence-corrected chi connectivity index (χ3v) is 6.69. The van der Waals surface area contributed by atoms with Gasteiger partial charge in [0.25, 0.3) is 0 Å². The maximum atomic E-state index is 12.4. The molecule has 0 unspecified atom stereocenters. The van der Waals surface area contributed by atoms with Gasteiger partial charge in [-0.2, -0.15) is 0 Å². The molecule has 2 N–H and O–H groups in total. The fourth-order valence-electron chi connectivity index (χ4n) is 3.61. The molecule has 10 nitrogen and oxygen atoms in total. The Morgan fingerprint density at radius 1 is 1.06 bits per heavy atom. The van der Waals surface area contributed by atoms with Crippen LogP contribution in [0.3, 0.4) is 0 Å². The fourth-order valence-corrected chi connectivity index (χ4v) is 4.37. The number of halogens is 1. The second-order valence-electron chi connectivity index (χ2n) is 7.06. The minimum atomic E-state index is -3.63. The SMILES string of the molecule is CNS(=O)(=O)c1ccc(N2CCOCC2)c(Nc2ncnc3cc(OC)cc(OC)c23)c1.Cl. The van der Waals surface area contributed by atoms with Crippen LogP contribution in [0.2, 0.25) is 0 Å². The van der Waals surface area contributed by atoms with E-state index in [0.29, 0.717) is 60.2 Å². The first-order valence-electron chi connectivity index (χ1n) is 10.0. The quantitative estimate of drug-likeness (QED) is 0.510. The molecule has 2 aromatic carbocycles. The van der Waals surface area contributed by atoms with E-state index in [4.69, 9.17) is 14.2 Å². The highest BCUT2D eigenvalue weighted by Crippen LogP contribution is 2.37. The summed E-state index contributed by atoms with van der Waals surface area (Å²) in [4.78, 5) is 11.0. The van der Waals surface area contributed by atoms with Gasteiger partial charge in [0.2, 0.25) is 10.0 Å². The Morgan fingerprint density at radius 2 is 1.82 bits per heavy atom. The number of hydrogen-bond donors (Lipinski definition) is 2. The van der Waals surface area contributed by atoms with E-state index in [1.807, 2.05) is 0 Å². The monoisotopic (exact) mass is 495 g/mol. The Bertz CT molecular complexity index is 1240. The number of nitrogens with one attached hydrogen (secondary N) is 2. The zero-order valence-corrected chi connectivity index (χ0v) is 20.1. The molecular formula is C21H26ClN5O5S. The van der Waals surface area contributed by atoms with Gasteiger partial charge in [-0.3, -0.25) is 0 Å². The van der Waals surface area contributed by atoms with E-state index in [2.05, 4.69) is 24.9 Å². The summed E-state index contributed by atoms with van der Waals surface area (Å²) in [5.41, 5.74) is 2.08. The number of rotatable bonds is 7. The minimum absolute atomic E-state index is 0. The molecule has 1 aliphatic heterocycles. The number of anilines is 3. The Kier molecular flexibility index (Phi) is 7.80. The fraction of sp³-hybridized carbons (Fsp3) is 0.333. The van der Waals surface area contributed by atoms with Crippen molar-refractivity contribution >= 4 is 50.5 Å². The van der Waals surface area contributed by atoms with E-state index < -0.39 is 10.0 Å². The van der Waals surface area contributed by atoms with Crippen LogP contribution >= 0.6 is 12.4 Å². The molecule has 3 aromatic rings. The van der Waals surface area contributed by atoms with Crippen molar-refractivity contribution in [1.82, 2.24) is 14.7 Å². The van der Waals surface area contributed by atoms with Gasteiger partial charge in [0, 0.05) is 25.2 Å². The van der Waals surface area contributed by atoms with E-state index >= 15 is 0 Å². The first-order chi connectivity index (χ1) is 15.5. The molecule has 0 bridgehead atoms. The van der Waals surface area contributed by atoms with Crippen LogP contribution < -0.4 is 24.4 Å². The van der Waals surface area contributed by atoms with Crippen LogP contribution in [0, 0.1) is 0 Å². The summed E-state index contributed by atoms with van der Waals surface area (Å²) >= 11 is 0. The molecule has 33 heavy (non-hydrogen) atoms. The first-order valence-corrected chi connectivity index (χ1v) is 11.5. The Balaban J connectivity index is 0.00000306. The Labute approximate surface area is 198 Å². The standard InChI is InChI=1S/C21H25N5O5S.ClH/c1-22-32(27,28)15-4-5-18(26-6-8-31-9-7-26)16(12-15)25-21-20-17(23-13-24-21)10-14(29-2)11-19(20)30-3;/h4-5,10-13,22H,6-9H2,1-3H3,(H,23,24,25);1H. The highest BCUT2D eigenvalue weighted by molar-refractivity contribution is 7.89. The van der Waals surface area contributed by atoms with Gasteiger partial charge in [0.05, 0.1) is 54.6 Å². The van der Waals surface area contributed by atoms with Gasteiger partial charge in [0.15, 0.2) is 0 Å². The number of morpholine rings is 1. The Morgan fingerprint density at radius 3 is 2.48 bits per heavy atom. The molecule has 0 aliphatic carbocycles. The zero-order chi connectivity index (χ0) is 22.7. The van der Waals surface area contributed by atoms with Crippen molar-refractivity contribution in [3.63, 3.8) is 0 Å². The van der Waals surface area contributed by atoms with Crippen molar-refractivity contribution in [3.05, 3.63) is 36.7 Å². The lowest BCUT2D eigenvalue weighted by molar-refractivity contribution is 0.123. The number of aromatic nitrogens is 2. The normalized spacial score (nSPS) is 14.0. The first kappa shape index (κ1) is 24.8. The third-order valence-electron chi connectivity index (χ3n) is 5.28. The average Bonchev–Trinajstić information content (AvgIpc) is 2.83. The van der Waals surface area contributed by atoms with E-state index in [1.54, 1.807) is 44.6 Å². The molecule has 1 saturated heterocycles. The van der Waals surface area contributed by atoms with Gasteiger partial charge in [-0.25, -0.2) is 23.1 Å². The smallest absolute Gasteiger partial charge is 0.240 e. The highest BCUT2D eigenvalue weighted by Gasteiger charge is 2.21. The summed E-state index contributed by atoms with van der Waals surface area (Å²) in [6, 6.07) is 8.52. The van der Waals surface area contributed by atoms with Gasteiger partial charge in [-0.1, -0.05) is 0 Å². The van der Waals surface area contributed by atoms with Crippen LogP contribution in [-0.4, -0.2) is 66.0 Å². The number of methoxy groups -OCH3 is 2. The maximum absolute atomic E-state index is 12.4. The van der Waals surface area contributed by atoms with Crippen molar-refractivity contribution in [1.29, 1.82) is 0 Å². The van der Waals surface area contributed by atoms with Crippen LogP contribution in [0.4, 0.5) is 17.2 Å². The van der Waals surface area contributed by atoms with E-state index in [0.717, 1.165) is 5.69 Å². The van der Waals surface area contributed by atoms with Crippen LogP contribution in [-0.2, 0) is 14.8 Å². The van der Waals surface area contributed by atoms with Crippen molar-refractivity contribution < 1.29 is 22.6 Å². The molecule has 0 saturated carbocycles. The van der Waals surface area contributed by atoms with Gasteiger partial charge < -0.3 is 24.4 Å². The lowest BCUT2D eigenvalue weighted by atomic mass is 10.1. The number of ether oxygens (including phenoxy) is 3.